The predicted molar refractivity (Wildman–Crippen MR) is 124 cm³/mol. The molecular formula is C24H31N2O3S+. The molecule has 2 aromatic rings. The summed E-state index contributed by atoms with van der Waals surface area (Å²) in [5.41, 5.74) is 8.53. The molecule has 6 heteroatoms. The van der Waals surface area contributed by atoms with Crippen LogP contribution in [0, 0.1) is 0 Å². The number of quaternary nitrogens is 1. The first-order chi connectivity index (χ1) is 14.1. The van der Waals surface area contributed by atoms with Gasteiger partial charge in [-0.15, -0.1) is 0 Å². The van der Waals surface area contributed by atoms with Crippen LogP contribution in [0.2, 0.25) is 0 Å². The third-order valence-corrected chi connectivity index (χ3v) is 7.58. The highest BCUT2D eigenvalue weighted by Gasteiger charge is 2.42. The second kappa shape index (κ2) is 8.38. The first-order valence-electron chi connectivity index (χ1n) is 10.2. The summed E-state index contributed by atoms with van der Waals surface area (Å²) in [5.74, 6) is 1.33. The number of rotatable bonds is 6. The molecule has 0 aromatic heterocycles. The number of ether oxygens (including phenoxy) is 1. The van der Waals surface area contributed by atoms with Gasteiger partial charge in [-0.3, -0.25) is 0 Å². The van der Waals surface area contributed by atoms with E-state index in [0.29, 0.717) is 23.7 Å². The Balaban J connectivity index is 1.98. The van der Waals surface area contributed by atoms with Crippen LogP contribution < -0.4 is 14.4 Å². The molecule has 1 atom stereocenters. The molecule has 1 heterocycles. The molecule has 2 N–H and O–H groups in total. The molecule has 0 saturated carbocycles. The average molecular weight is 428 g/mol. The smallest absolute Gasteiger partial charge is 0.306 e. The first-order valence-corrected chi connectivity index (χ1v) is 11.8. The summed E-state index contributed by atoms with van der Waals surface area (Å²) in [4.78, 5) is 0. The summed E-state index contributed by atoms with van der Waals surface area (Å²) in [7, 11) is -3.49. The fourth-order valence-corrected chi connectivity index (χ4v) is 5.06. The summed E-state index contributed by atoms with van der Waals surface area (Å²) in [6.45, 7) is 8.77. The maximum atomic E-state index is 13.2. The van der Waals surface area contributed by atoms with Gasteiger partial charge in [-0.2, -0.15) is 12.3 Å². The van der Waals surface area contributed by atoms with Gasteiger partial charge in [-0.25, -0.2) is 0 Å². The molecule has 0 aliphatic carbocycles. The summed E-state index contributed by atoms with van der Waals surface area (Å²) in [5, 5.41) is 0. The predicted octanol–water partition coefficient (Wildman–Crippen LogP) is 4.85. The molecule has 1 aliphatic heterocycles. The Hall–Kier alpha value is -2.41. The van der Waals surface area contributed by atoms with E-state index in [1.54, 1.807) is 19.2 Å². The van der Waals surface area contributed by atoms with E-state index in [1.807, 2.05) is 42.5 Å². The minimum atomic E-state index is -3.49. The Kier molecular flexibility index (Phi) is 6.22. The minimum absolute atomic E-state index is 0.0224. The number of sulfonamides is 1. The molecule has 1 unspecified atom stereocenters. The van der Waals surface area contributed by atoms with Crippen LogP contribution in [-0.4, -0.2) is 27.3 Å². The normalized spacial score (nSPS) is 19.4. The molecular weight excluding hydrogens is 396 g/mol. The van der Waals surface area contributed by atoms with Crippen molar-refractivity contribution in [2.45, 2.75) is 33.1 Å². The molecule has 2 aromatic carbocycles. The van der Waals surface area contributed by atoms with Gasteiger partial charge in [0.05, 0.1) is 5.75 Å². The third-order valence-electron chi connectivity index (χ3n) is 5.39. The molecule has 0 saturated heterocycles. The largest absolute Gasteiger partial charge is 0.457 e. The van der Waals surface area contributed by atoms with E-state index in [0.717, 1.165) is 5.57 Å². The van der Waals surface area contributed by atoms with Gasteiger partial charge in [-0.05, 0) is 42.2 Å². The van der Waals surface area contributed by atoms with E-state index < -0.39 is 10.0 Å². The molecule has 3 rings (SSSR count). The van der Waals surface area contributed by atoms with Gasteiger partial charge >= 0.3 is 10.0 Å². The lowest BCUT2D eigenvalue weighted by Crippen LogP contribution is -2.51. The van der Waals surface area contributed by atoms with Gasteiger partial charge in [-0.1, -0.05) is 45.0 Å². The minimum Gasteiger partial charge on any atom is -0.457 e. The summed E-state index contributed by atoms with van der Waals surface area (Å²) >= 11 is 0. The second-order valence-corrected chi connectivity index (χ2v) is 10.9. The van der Waals surface area contributed by atoms with E-state index in [4.69, 9.17) is 10.5 Å². The summed E-state index contributed by atoms with van der Waals surface area (Å²) < 4.78 is 32.1. The number of nitrogens with zero attached hydrogens (tertiary/aromatic N) is 1. The summed E-state index contributed by atoms with van der Waals surface area (Å²) in [6, 6.07) is 15.3. The molecule has 1 aliphatic rings. The molecule has 0 bridgehead atoms. The topological polar surface area (TPSA) is 69.4 Å². The van der Waals surface area contributed by atoms with Crippen LogP contribution in [-0.2, 0) is 15.4 Å². The molecule has 30 heavy (non-hydrogen) atoms. The van der Waals surface area contributed by atoms with Gasteiger partial charge < -0.3 is 10.5 Å². The van der Waals surface area contributed by atoms with E-state index in [1.165, 1.54) is 5.56 Å². The zero-order chi connectivity index (χ0) is 22.0. The van der Waals surface area contributed by atoms with Crippen molar-refractivity contribution in [3.63, 3.8) is 0 Å². The highest BCUT2D eigenvalue weighted by atomic mass is 32.2. The molecule has 0 amide bonds. The number of hydrogen-bond donors (Lipinski definition) is 1. The third kappa shape index (κ3) is 4.36. The zero-order valence-corrected chi connectivity index (χ0v) is 18.9. The lowest BCUT2D eigenvalue weighted by atomic mass is 9.87. The Bertz CT molecular complexity index is 1060. The Morgan fingerprint density at radius 2 is 1.77 bits per heavy atom. The number of hydrogen-bond acceptors (Lipinski definition) is 4. The number of benzene rings is 2. The standard InChI is InChI=1S/C24H31N2O3S/c1-5-30(27,28)26(15-7-8-19(17-25)18-26)21-9-6-10-23(16-21)29-22-13-11-20(12-14-22)24(2,3)4/h6-14,16,18H,5,15,17,25H2,1-4H3/q+1. The fourth-order valence-electron chi connectivity index (χ4n) is 3.55. The quantitative estimate of drug-likeness (QED) is 0.670. The van der Waals surface area contributed by atoms with E-state index in [-0.39, 0.29) is 21.6 Å². The zero-order valence-electron chi connectivity index (χ0n) is 18.1. The molecule has 0 fully saturated rings. The first kappa shape index (κ1) is 22.3. The Morgan fingerprint density at radius 3 is 2.37 bits per heavy atom. The lowest BCUT2D eigenvalue weighted by molar-refractivity contribution is 0.477. The lowest BCUT2D eigenvalue weighted by Gasteiger charge is -2.34. The SMILES string of the molecule is CCS(=O)(=O)[N+]1(c2cccc(Oc3ccc(C(C)(C)C)cc3)c2)C=C(CN)C=CC1. The maximum absolute atomic E-state index is 13.2. The van der Waals surface area contributed by atoms with E-state index >= 15 is 0 Å². The van der Waals surface area contributed by atoms with Crippen molar-refractivity contribution in [2.24, 2.45) is 5.73 Å². The van der Waals surface area contributed by atoms with Gasteiger partial charge in [0.25, 0.3) is 0 Å². The molecule has 5 nitrogen and oxygen atoms in total. The highest BCUT2D eigenvalue weighted by molar-refractivity contribution is 7.91. The molecule has 0 spiro atoms. The van der Waals surface area contributed by atoms with Crippen LogP contribution in [0.15, 0.2) is 72.5 Å². The summed E-state index contributed by atoms with van der Waals surface area (Å²) in [6.07, 6.45) is 5.50. The second-order valence-electron chi connectivity index (χ2n) is 8.53. The Labute approximate surface area is 180 Å². The molecule has 160 valence electrons. The maximum Gasteiger partial charge on any atom is 0.306 e. The highest BCUT2D eigenvalue weighted by Crippen LogP contribution is 2.36. The van der Waals surface area contributed by atoms with Crippen LogP contribution in [0.4, 0.5) is 5.69 Å². The van der Waals surface area contributed by atoms with Gasteiger partial charge in [0.15, 0.2) is 5.69 Å². The van der Waals surface area contributed by atoms with Crippen LogP contribution in [0.3, 0.4) is 0 Å². The van der Waals surface area contributed by atoms with Crippen LogP contribution >= 0.6 is 0 Å². The van der Waals surface area contributed by atoms with E-state index in [9.17, 15) is 8.42 Å². The van der Waals surface area contributed by atoms with E-state index in [2.05, 4.69) is 32.9 Å². The average Bonchev–Trinajstić information content (AvgIpc) is 2.73. The molecule has 0 radical (unpaired) electrons. The number of nitrogens with two attached hydrogens (primary N) is 1. The van der Waals surface area contributed by atoms with Gasteiger partial charge in [0.1, 0.15) is 24.2 Å². The van der Waals surface area contributed by atoms with Crippen molar-refractivity contribution in [3.05, 3.63) is 78.0 Å². The van der Waals surface area contributed by atoms with Crippen LogP contribution in [0.1, 0.15) is 33.3 Å². The fraction of sp³-hybridized carbons (Fsp3) is 0.333. The monoisotopic (exact) mass is 427 g/mol. The Morgan fingerprint density at radius 1 is 1.07 bits per heavy atom. The van der Waals surface area contributed by atoms with Crippen molar-refractivity contribution in [1.82, 2.24) is 3.89 Å². The van der Waals surface area contributed by atoms with Gasteiger partial charge in [0.2, 0.25) is 0 Å². The van der Waals surface area contributed by atoms with Crippen molar-refractivity contribution in [2.75, 3.05) is 18.8 Å². The van der Waals surface area contributed by atoms with Crippen LogP contribution in [0.25, 0.3) is 0 Å². The van der Waals surface area contributed by atoms with Crippen molar-refractivity contribution >= 4 is 15.7 Å². The van der Waals surface area contributed by atoms with Crippen molar-refractivity contribution < 1.29 is 13.2 Å². The van der Waals surface area contributed by atoms with Crippen molar-refractivity contribution in [1.29, 1.82) is 0 Å². The van der Waals surface area contributed by atoms with Crippen LogP contribution in [0.5, 0.6) is 11.5 Å². The van der Waals surface area contributed by atoms with Gasteiger partial charge in [0, 0.05) is 24.3 Å². The van der Waals surface area contributed by atoms with Crippen molar-refractivity contribution in [3.8, 4) is 11.5 Å².